The Balaban J connectivity index is 1.79. The normalized spacial score (nSPS) is 12.7. The van der Waals surface area contributed by atoms with E-state index in [2.05, 4.69) is 10.6 Å². The van der Waals surface area contributed by atoms with Gasteiger partial charge in [-0.15, -0.1) is 0 Å². The van der Waals surface area contributed by atoms with Crippen LogP contribution in [0.3, 0.4) is 0 Å². The SMILES string of the molecule is COc1ccc(CCC(C)NC(=O)C(C)NC(=O)c2cccc(C)c2)cc1. The molecule has 2 rings (SSSR count). The van der Waals surface area contributed by atoms with Crippen molar-refractivity contribution in [3.8, 4) is 5.75 Å². The van der Waals surface area contributed by atoms with Gasteiger partial charge in [0.1, 0.15) is 11.8 Å². The Hall–Kier alpha value is -2.82. The molecule has 2 aromatic rings. The molecule has 2 atom stereocenters. The second-order valence-electron chi connectivity index (χ2n) is 6.86. The first-order chi connectivity index (χ1) is 12.9. The zero-order valence-electron chi connectivity index (χ0n) is 16.4. The molecule has 0 bridgehead atoms. The van der Waals surface area contributed by atoms with E-state index in [-0.39, 0.29) is 17.9 Å². The third-order valence-corrected chi connectivity index (χ3v) is 4.43. The maximum absolute atomic E-state index is 12.3. The highest BCUT2D eigenvalue weighted by Crippen LogP contribution is 2.13. The van der Waals surface area contributed by atoms with Crippen LogP contribution in [0.5, 0.6) is 5.75 Å². The molecule has 0 aliphatic heterocycles. The second-order valence-corrected chi connectivity index (χ2v) is 6.86. The molecule has 0 aliphatic rings. The minimum absolute atomic E-state index is 0.0120. The van der Waals surface area contributed by atoms with E-state index in [0.717, 1.165) is 24.2 Å². The van der Waals surface area contributed by atoms with Gasteiger partial charge in [-0.2, -0.15) is 0 Å². The molecule has 0 fully saturated rings. The van der Waals surface area contributed by atoms with E-state index in [0.29, 0.717) is 5.56 Å². The fraction of sp³-hybridized carbons (Fsp3) is 0.364. The zero-order chi connectivity index (χ0) is 19.8. The minimum atomic E-state index is -0.596. The zero-order valence-corrected chi connectivity index (χ0v) is 16.4. The number of hydrogen-bond donors (Lipinski definition) is 2. The van der Waals surface area contributed by atoms with Gasteiger partial charge < -0.3 is 15.4 Å². The summed E-state index contributed by atoms with van der Waals surface area (Å²) < 4.78 is 5.15. The molecule has 0 radical (unpaired) electrons. The monoisotopic (exact) mass is 368 g/mol. The molecule has 0 aliphatic carbocycles. The lowest BCUT2D eigenvalue weighted by Crippen LogP contribution is -2.47. The third kappa shape index (κ3) is 6.44. The topological polar surface area (TPSA) is 67.4 Å². The average Bonchev–Trinajstić information content (AvgIpc) is 2.66. The number of nitrogens with one attached hydrogen (secondary N) is 2. The Morgan fingerprint density at radius 1 is 1.04 bits per heavy atom. The maximum Gasteiger partial charge on any atom is 0.251 e. The molecule has 2 aromatic carbocycles. The molecule has 5 heteroatoms. The quantitative estimate of drug-likeness (QED) is 0.751. The number of ether oxygens (including phenoxy) is 1. The predicted octanol–water partition coefficient (Wildman–Crippen LogP) is 3.26. The van der Waals surface area contributed by atoms with Crippen LogP contribution in [0.15, 0.2) is 48.5 Å². The van der Waals surface area contributed by atoms with Gasteiger partial charge in [0, 0.05) is 11.6 Å². The van der Waals surface area contributed by atoms with Crippen LogP contribution in [-0.4, -0.2) is 31.0 Å². The Bertz CT molecular complexity index is 771. The highest BCUT2D eigenvalue weighted by Gasteiger charge is 2.18. The van der Waals surface area contributed by atoms with Crippen molar-refractivity contribution in [1.29, 1.82) is 0 Å². The molecule has 0 saturated heterocycles. The van der Waals surface area contributed by atoms with Gasteiger partial charge in [0.15, 0.2) is 0 Å². The fourth-order valence-electron chi connectivity index (χ4n) is 2.75. The van der Waals surface area contributed by atoms with Crippen molar-refractivity contribution in [1.82, 2.24) is 10.6 Å². The van der Waals surface area contributed by atoms with Crippen molar-refractivity contribution in [2.45, 2.75) is 45.7 Å². The van der Waals surface area contributed by atoms with Crippen LogP contribution in [-0.2, 0) is 11.2 Å². The lowest BCUT2D eigenvalue weighted by molar-refractivity contribution is -0.123. The van der Waals surface area contributed by atoms with Crippen LogP contribution in [0.1, 0.15) is 41.8 Å². The Labute approximate surface area is 161 Å². The van der Waals surface area contributed by atoms with Crippen LogP contribution in [0.4, 0.5) is 0 Å². The first kappa shape index (κ1) is 20.5. The summed E-state index contributed by atoms with van der Waals surface area (Å²) in [7, 11) is 1.64. The van der Waals surface area contributed by atoms with Crippen molar-refractivity contribution >= 4 is 11.8 Å². The smallest absolute Gasteiger partial charge is 0.251 e. The van der Waals surface area contributed by atoms with Crippen LogP contribution in [0.2, 0.25) is 0 Å². The summed E-state index contributed by atoms with van der Waals surface area (Å²) in [6.07, 6.45) is 1.67. The highest BCUT2D eigenvalue weighted by atomic mass is 16.5. The molecule has 2 amide bonds. The Kier molecular flexibility index (Phi) is 7.41. The van der Waals surface area contributed by atoms with Gasteiger partial charge in [0.25, 0.3) is 5.91 Å². The molecule has 27 heavy (non-hydrogen) atoms. The van der Waals surface area contributed by atoms with E-state index in [1.165, 1.54) is 5.56 Å². The molecule has 144 valence electrons. The lowest BCUT2D eigenvalue weighted by atomic mass is 10.1. The van der Waals surface area contributed by atoms with Crippen molar-refractivity contribution in [3.05, 3.63) is 65.2 Å². The second kappa shape index (κ2) is 9.76. The number of rotatable bonds is 8. The van der Waals surface area contributed by atoms with Crippen molar-refractivity contribution in [2.75, 3.05) is 7.11 Å². The summed E-state index contributed by atoms with van der Waals surface area (Å²) in [5.41, 5.74) is 2.76. The van der Waals surface area contributed by atoms with Gasteiger partial charge in [0.2, 0.25) is 5.91 Å². The van der Waals surface area contributed by atoms with Gasteiger partial charge >= 0.3 is 0 Å². The first-order valence-corrected chi connectivity index (χ1v) is 9.20. The fourth-order valence-corrected chi connectivity index (χ4v) is 2.75. The van der Waals surface area contributed by atoms with Crippen molar-refractivity contribution < 1.29 is 14.3 Å². The molecular weight excluding hydrogens is 340 g/mol. The minimum Gasteiger partial charge on any atom is -0.497 e. The molecule has 0 spiro atoms. The van der Waals surface area contributed by atoms with Crippen LogP contribution < -0.4 is 15.4 Å². The number of carbonyl (C=O) groups excluding carboxylic acids is 2. The number of benzene rings is 2. The van der Waals surface area contributed by atoms with Crippen molar-refractivity contribution in [2.24, 2.45) is 0 Å². The average molecular weight is 368 g/mol. The molecular formula is C22H28N2O3. The number of hydrogen-bond acceptors (Lipinski definition) is 3. The van der Waals surface area contributed by atoms with Crippen molar-refractivity contribution in [3.63, 3.8) is 0 Å². The summed E-state index contributed by atoms with van der Waals surface area (Å²) in [6, 6.07) is 14.6. The van der Waals surface area contributed by atoms with Gasteiger partial charge in [-0.25, -0.2) is 0 Å². The molecule has 0 heterocycles. The van der Waals surface area contributed by atoms with E-state index in [4.69, 9.17) is 4.74 Å². The van der Waals surface area contributed by atoms with Crippen LogP contribution in [0.25, 0.3) is 0 Å². The summed E-state index contributed by atoms with van der Waals surface area (Å²) in [6.45, 7) is 5.59. The summed E-state index contributed by atoms with van der Waals surface area (Å²) in [4.78, 5) is 24.6. The summed E-state index contributed by atoms with van der Waals surface area (Å²) in [5, 5.41) is 5.71. The number of methoxy groups -OCH3 is 1. The Morgan fingerprint density at radius 3 is 2.37 bits per heavy atom. The Morgan fingerprint density at radius 2 is 1.74 bits per heavy atom. The predicted molar refractivity (Wildman–Crippen MR) is 107 cm³/mol. The van der Waals surface area contributed by atoms with Gasteiger partial charge in [-0.1, -0.05) is 29.8 Å². The number of amides is 2. The molecule has 0 aromatic heterocycles. The maximum atomic E-state index is 12.3. The van der Waals surface area contributed by atoms with E-state index < -0.39 is 6.04 Å². The van der Waals surface area contributed by atoms with Gasteiger partial charge in [-0.05, 0) is 63.4 Å². The number of carbonyl (C=O) groups is 2. The van der Waals surface area contributed by atoms with Gasteiger partial charge in [0.05, 0.1) is 7.11 Å². The van der Waals surface area contributed by atoms with Crippen LogP contribution >= 0.6 is 0 Å². The molecule has 5 nitrogen and oxygen atoms in total. The van der Waals surface area contributed by atoms with Crippen LogP contribution in [0, 0.1) is 6.92 Å². The highest BCUT2D eigenvalue weighted by molar-refractivity contribution is 5.97. The molecule has 2 N–H and O–H groups in total. The lowest BCUT2D eigenvalue weighted by Gasteiger charge is -2.19. The van der Waals surface area contributed by atoms with E-state index >= 15 is 0 Å². The number of aryl methyl sites for hydroxylation is 2. The summed E-state index contributed by atoms with van der Waals surface area (Å²) >= 11 is 0. The first-order valence-electron chi connectivity index (χ1n) is 9.20. The molecule has 0 saturated carbocycles. The van der Waals surface area contributed by atoms with Gasteiger partial charge in [-0.3, -0.25) is 9.59 Å². The third-order valence-electron chi connectivity index (χ3n) is 4.43. The summed E-state index contributed by atoms with van der Waals surface area (Å²) in [5.74, 6) is 0.406. The van der Waals surface area contributed by atoms with E-state index in [1.54, 1.807) is 26.2 Å². The largest absolute Gasteiger partial charge is 0.497 e. The van der Waals surface area contributed by atoms with E-state index in [1.807, 2.05) is 50.2 Å². The molecule has 2 unspecified atom stereocenters. The van der Waals surface area contributed by atoms with E-state index in [9.17, 15) is 9.59 Å². The standard InChI is InChI=1S/C22H28N2O3/c1-15-6-5-7-19(14-15)22(26)24-17(3)21(25)23-16(2)8-9-18-10-12-20(27-4)13-11-18/h5-7,10-14,16-17H,8-9H2,1-4H3,(H,23,25)(H,24,26).